The molecule has 0 radical (unpaired) electrons. The maximum absolute atomic E-state index is 12.4. The molecule has 2 aromatic rings. The minimum atomic E-state index is -0.0895. The molecule has 2 heterocycles. The molecule has 0 aromatic heterocycles. The fourth-order valence-corrected chi connectivity index (χ4v) is 3.41. The number of anilines is 1. The molecular weight excluding hydrogens is 372 g/mol. The zero-order valence-electron chi connectivity index (χ0n) is 16.4. The summed E-state index contributed by atoms with van der Waals surface area (Å²) in [6.07, 6.45) is 1.22. The predicted octanol–water partition coefficient (Wildman–Crippen LogP) is 2.70. The monoisotopic (exact) mass is 398 g/mol. The second kappa shape index (κ2) is 9.62. The average molecular weight is 398 g/mol. The molecule has 154 valence electrons. The minimum absolute atomic E-state index is 0.0895. The van der Waals surface area contributed by atoms with Crippen LogP contribution in [0.5, 0.6) is 17.2 Å². The number of morpholine rings is 1. The van der Waals surface area contributed by atoms with Crippen LogP contribution in [0.25, 0.3) is 0 Å². The van der Waals surface area contributed by atoms with Gasteiger partial charge in [0.2, 0.25) is 12.7 Å². The number of carbonyl (C=O) groups excluding carboxylic acids is 1. The molecule has 2 aromatic carbocycles. The summed E-state index contributed by atoms with van der Waals surface area (Å²) < 4.78 is 21.9. The molecule has 1 saturated heterocycles. The first-order valence-corrected chi connectivity index (χ1v) is 9.98. The zero-order valence-corrected chi connectivity index (χ0v) is 16.4. The number of nitrogens with one attached hydrogen (secondary N) is 1. The first-order chi connectivity index (χ1) is 14.3. The smallest absolute Gasteiger partial charge is 0.231 e. The van der Waals surface area contributed by atoms with Crippen molar-refractivity contribution in [1.29, 1.82) is 0 Å². The fourth-order valence-electron chi connectivity index (χ4n) is 3.41. The van der Waals surface area contributed by atoms with Crippen molar-refractivity contribution in [1.82, 2.24) is 4.90 Å². The van der Waals surface area contributed by atoms with Crippen molar-refractivity contribution in [2.24, 2.45) is 0 Å². The number of hydrogen-bond acceptors (Lipinski definition) is 6. The Morgan fingerprint density at radius 3 is 2.83 bits per heavy atom. The van der Waals surface area contributed by atoms with Crippen LogP contribution in [0.3, 0.4) is 0 Å². The van der Waals surface area contributed by atoms with Crippen molar-refractivity contribution in [2.75, 3.05) is 51.6 Å². The van der Waals surface area contributed by atoms with Crippen LogP contribution in [0.2, 0.25) is 0 Å². The second-order valence-electron chi connectivity index (χ2n) is 7.10. The number of nitrogens with zero attached hydrogens (tertiary/aromatic N) is 1. The van der Waals surface area contributed by atoms with Gasteiger partial charge in [0, 0.05) is 31.4 Å². The maximum atomic E-state index is 12.4. The molecule has 1 amide bonds. The fraction of sp³-hybridized carbons (Fsp3) is 0.409. The molecule has 0 atom stereocenters. The Balaban J connectivity index is 1.23. The Labute approximate surface area is 170 Å². The number of amides is 1. The summed E-state index contributed by atoms with van der Waals surface area (Å²) in [6, 6.07) is 13.0. The summed E-state index contributed by atoms with van der Waals surface area (Å²) in [4.78, 5) is 14.8. The quantitative estimate of drug-likeness (QED) is 0.690. The number of hydrogen-bond donors (Lipinski definition) is 1. The minimum Gasteiger partial charge on any atom is -0.493 e. The van der Waals surface area contributed by atoms with Crippen molar-refractivity contribution in [2.45, 2.75) is 12.8 Å². The Kier molecular flexibility index (Phi) is 6.49. The zero-order chi connectivity index (χ0) is 19.9. The van der Waals surface area contributed by atoms with Crippen molar-refractivity contribution in [3.63, 3.8) is 0 Å². The van der Waals surface area contributed by atoms with Gasteiger partial charge in [-0.2, -0.15) is 0 Å². The molecular formula is C22H26N2O5. The third-order valence-corrected chi connectivity index (χ3v) is 4.91. The van der Waals surface area contributed by atoms with Crippen LogP contribution >= 0.6 is 0 Å². The van der Waals surface area contributed by atoms with Crippen LogP contribution < -0.4 is 19.5 Å². The van der Waals surface area contributed by atoms with Gasteiger partial charge in [-0.1, -0.05) is 12.1 Å². The number of carbonyl (C=O) groups is 1. The first kappa shape index (κ1) is 19.5. The van der Waals surface area contributed by atoms with Crippen LogP contribution in [-0.2, 0) is 16.0 Å². The molecule has 0 unspecified atom stereocenters. The molecule has 7 nitrogen and oxygen atoms in total. The second-order valence-corrected chi connectivity index (χ2v) is 7.10. The van der Waals surface area contributed by atoms with E-state index >= 15 is 0 Å². The topological polar surface area (TPSA) is 69.3 Å². The summed E-state index contributed by atoms with van der Waals surface area (Å²) >= 11 is 0. The normalized spacial score (nSPS) is 15.9. The number of fused-ring (bicyclic) bond motifs is 1. The Morgan fingerprint density at radius 2 is 1.93 bits per heavy atom. The highest BCUT2D eigenvalue weighted by molar-refractivity contribution is 5.92. The molecule has 1 fully saturated rings. The number of rotatable bonds is 8. The molecule has 29 heavy (non-hydrogen) atoms. The Bertz CT molecular complexity index is 836. The van der Waals surface area contributed by atoms with Crippen LogP contribution in [-0.4, -0.2) is 57.1 Å². The van der Waals surface area contributed by atoms with Crippen molar-refractivity contribution in [3.05, 3.63) is 48.0 Å². The summed E-state index contributed by atoms with van der Waals surface area (Å²) in [6.45, 7) is 5.49. The highest BCUT2D eigenvalue weighted by atomic mass is 16.7. The summed E-state index contributed by atoms with van der Waals surface area (Å²) in [7, 11) is 0. The predicted molar refractivity (Wildman–Crippen MR) is 109 cm³/mol. The lowest BCUT2D eigenvalue weighted by atomic mass is 10.1. The molecule has 0 spiro atoms. The Hall–Kier alpha value is -2.77. The highest BCUT2D eigenvalue weighted by Gasteiger charge is 2.15. The van der Waals surface area contributed by atoms with E-state index in [1.165, 1.54) is 0 Å². The molecule has 7 heteroatoms. The summed E-state index contributed by atoms with van der Waals surface area (Å²) in [5.74, 6) is 2.07. The van der Waals surface area contributed by atoms with E-state index in [2.05, 4.69) is 10.2 Å². The van der Waals surface area contributed by atoms with Gasteiger partial charge < -0.3 is 24.3 Å². The maximum Gasteiger partial charge on any atom is 0.231 e. The van der Waals surface area contributed by atoms with E-state index in [1.807, 2.05) is 42.5 Å². The van der Waals surface area contributed by atoms with Gasteiger partial charge in [0.15, 0.2) is 11.5 Å². The van der Waals surface area contributed by atoms with E-state index in [9.17, 15) is 4.79 Å². The van der Waals surface area contributed by atoms with Crippen LogP contribution in [0, 0.1) is 0 Å². The Morgan fingerprint density at radius 1 is 1.07 bits per heavy atom. The third kappa shape index (κ3) is 5.62. The molecule has 0 saturated carbocycles. The van der Waals surface area contributed by atoms with Gasteiger partial charge in [-0.05, 0) is 36.2 Å². The van der Waals surface area contributed by atoms with Gasteiger partial charge in [0.25, 0.3) is 0 Å². The van der Waals surface area contributed by atoms with Gasteiger partial charge >= 0.3 is 0 Å². The van der Waals surface area contributed by atoms with E-state index in [4.69, 9.17) is 18.9 Å². The van der Waals surface area contributed by atoms with Crippen LogP contribution in [0.1, 0.15) is 12.0 Å². The van der Waals surface area contributed by atoms with E-state index in [0.29, 0.717) is 18.1 Å². The summed E-state index contributed by atoms with van der Waals surface area (Å²) in [5.41, 5.74) is 1.60. The molecule has 1 N–H and O–H groups in total. The average Bonchev–Trinajstić information content (AvgIpc) is 3.20. The van der Waals surface area contributed by atoms with E-state index in [-0.39, 0.29) is 19.1 Å². The van der Waals surface area contributed by atoms with Gasteiger partial charge in [0.05, 0.1) is 26.2 Å². The van der Waals surface area contributed by atoms with Gasteiger partial charge in [0.1, 0.15) is 5.75 Å². The van der Waals surface area contributed by atoms with E-state index in [0.717, 1.165) is 56.3 Å². The lowest BCUT2D eigenvalue weighted by Crippen LogP contribution is -2.37. The van der Waals surface area contributed by atoms with Gasteiger partial charge in [-0.25, -0.2) is 0 Å². The molecule has 2 aliphatic rings. The van der Waals surface area contributed by atoms with Gasteiger partial charge in [-0.3, -0.25) is 9.69 Å². The lowest BCUT2D eigenvalue weighted by molar-refractivity contribution is -0.115. The standard InChI is InChI=1S/C22H26N2O5/c25-22(14-17-5-6-20-21(13-17)29-16-28-20)23-18-3-1-4-19(15-18)27-10-2-7-24-8-11-26-12-9-24/h1,3-6,13,15H,2,7-12,14,16H2,(H,23,25). The molecule has 0 aliphatic carbocycles. The third-order valence-electron chi connectivity index (χ3n) is 4.91. The van der Waals surface area contributed by atoms with E-state index < -0.39 is 0 Å². The van der Waals surface area contributed by atoms with Crippen LogP contribution in [0.4, 0.5) is 5.69 Å². The molecule has 4 rings (SSSR count). The SMILES string of the molecule is O=C(Cc1ccc2c(c1)OCO2)Nc1cccc(OCCCN2CCOCC2)c1. The summed E-state index contributed by atoms with van der Waals surface area (Å²) in [5, 5.41) is 2.93. The van der Waals surface area contributed by atoms with Crippen LogP contribution in [0.15, 0.2) is 42.5 Å². The lowest BCUT2D eigenvalue weighted by Gasteiger charge is -2.26. The van der Waals surface area contributed by atoms with E-state index in [1.54, 1.807) is 0 Å². The number of benzene rings is 2. The largest absolute Gasteiger partial charge is 0.493 e. The highest BCUT2D eigenvalue weighted by Crippen LogP contribution is 2.32. The first-order valence-electron chi connectivity index (χ1n) is 9.98. The van der Waals surface area contributed by atoms with Crippen molar-refractivity contribution in [3.8, 4) is 17.2 Å². The van der Waals surface area contributed by atoms with Gasteiger partial charge in [-0.15, -0.1) is 0 Å². The van der Waals surface area contributed by atoms with Crippen molar-refractivity contribution < 1.29 is 23.7 Å². The number of ether oxygens (including phenoxy) is 4. The molecule has 0 bridgehead atoms. The van der Waals surface area contributed by atoms with Crippen molar-refractivity contribution >= 4 is 11.6 Å². The molecule has 2 aliphatic heterocycles.